The van der Waals surface area contributed by atoms with Gasteiger partial charge in [0.2, 0.25) is 10.0 Å². The molecule has 0 aliphatic heterocycles. The number of nitrogens with one attached hydrogen (secondary N) is 1. The predicted octanol–water partition coefficient (Wildman–Crippen LogP) is 1.98. The Morgan fingerprint density at radius 3 is 2.43 bits per heavy atom. The van der Waals surface area contributed by atoms with Crippen LogP contribution in [0.4, 0.5) is 17.1 Å². The maximum absolute atomic E-state index is 11.4. The van der Waals surface area contributed by atoms with Crippen LogP contribution >= 0.6 is 0 Å². The summed E-state index contributed by atoms with van der Waals surface area (Å²) < 4.78 is 28.0. The lowest BCUT2D eigenvalue weighted by Gasteiger charge is -2.12. The molecule has 0 radical (unpaired) electrons. The van der Waals surface area contributed by atoms with Crippen LogP contribution in [0.5, 0.6) is 5.75 Å². The third-order valence-electron chi connectivity index (χ3n) is 2.97. The van der Waals surface area contributed by atoms with E-state index in [1.54, 1.807) is 13.2 Å². The van der Waals surface area contributed by atoms with Gasteiger partial charge >= 0.3 is 0 Å². The number of methoxy groups -OCH3 is 1. The number of nitrogen functional groups attached to an aromatic ring is 1. The molecule has 0 aromatic heterocycles. The van der Waals surface area contributed by atoms with Gasteiger partial charge in [0.1, 0.15) is 5.75 Å². The summed E-state index contributed by atoms with van der Waals surface area (Å²) in [5.74, 6) is 0.746. The Labute approximate surface area is 123 Å². The fraction of sp³-hybridized carbons (Fsp3) is 0.143. The molecule has 0 saturated carbocycles. The fourth-order valence-corrected chi connectivity index (χ4v) is 2.51. The zero-order valence-corrected chi connectivity index (χ0v) is 12.6. The highest BCUT2D eigenvalue weighted by atomic mass is 32.2. The number of sulfonamides is 1. The molecule has 112 valence electrons. The minimum atomic E-state index is -3.80. The van der Waals surface area contributed by atoms with Gasteiger partial charge in [-0.2, -0.15) is 0 Å². The van der Waals surface area contributed by atoms with Crippen molar-refractivity contribution in [1.82, 2.24) is 0 Å². The molecular weight excluding hydrogens is 290 g/mol. The first-order valence-electron chi connectivity index (χ1n) is 6.14. The van der Waals surface area contributed by atoms with Crippen molar-refractivity contribution in [2.24, 2.45) is 5.14 Å². The van der Waals surface area contributed by atoms with Crippen LogP contribution < -0.4 is 20.9 Å². The highest BCUT2D eigenvalue weighted by Gasteiger charge is 2.10. The van der Waals surface area contributed by atoms with E-state index in [0.29, 0.717) is 11.4 Å². The number of aryl methyl sites for hydroxylation is 1. The number of primary sulfonamides is 1. The smallest absolute Gasteiger partial charge is 0.238 e. The Morgan fingerprint density at radius 2 is 1.86 bits per heavy atom. The minimum absolute atomic E-state index is 0.0313. The molecule has 0 amide bonds. The van der Waals surface area contributed by atoms with Gasteiger partial charge in [0, 0.05) is 17.1 Å². The predicted molar refractivity (Wildman–Crippen MR) is 83.2 cm³/mol. The Hall–Kier alpha value is -2.25. The Kier molecular flexibility index (Phi) is 4.06. The van der Waals surface area contributed by atoms with Crippen molar-refractivity contribution in [2.75, 3.05) is 18.2 Å². The van der Waals surface area contributed by atoms with Crippen LogP contribution in [-0.4, -0.2) is 15.5 Å². The lowest BCUT2D eigenvalue weighted by molar-refractivity contribution is 0.414. The molecule has 0 bridgehead atoms. The summed E-state index contributed by atoms with van der Waals surface area (Å²) in [4.78, 5) is -0.0313. The highest BCUT2D eigenvalue weighted by molar-refractivity contribution is 7.89. The van der Waals surface area contributed by atoms with Gasteiger partial charge in [-0.25, -0.2) is 13.6 Å². The molecule has 0 unspecified atom stereocenters. The summed E-state index contributed by atoms with van der Waals surface area (Å²) in [7, 11) is -2.21. The van der Waals surface area contributed by atoms with E-state index in [2.05, 4.69) is 5.32 Å². The summed E-state index contributed by atoms with van der Waals surface area (Å²) in [5.41, 5.74) is 8.35. The van der Waals surface area contributed by atoms with Gasteiger partial charge in [-0.05, 0) is 48.9 Å². The van der Waals surface area contributed by atoms with E-state index in [4.69, 9.17) is 15.6 Å². The molecule has 0 fully saturated rings. The second-order valence-corrected chi connectivity index (χ2v) is 6.20. The van der Waals surface area contributed by atoms with Crippen LogP contribution in [0.25, 0.3) is 0 Å². The topological polar surface area (TPSA) is 107 Å². The molecule has 0 atom stereocenters. The molecule has 2 aromatic rings. The third-order valence-corrected chi connectivity index (χ3v) is 3.86. The van der Waals surface area contributed by atoms with E-state index >= 15 is 0 Å². The zero-order chi connectivity index (χ0) is 15.6. The highest BCUT2D eigenvalue weighted by Crippen LogP contribution is 2.27. The maximum atomic E-state index is 11.4. The maximum Gasteiger partial charge on any atom is 0.238 e. The average Bonchev–Trinajstić information content (AvgIpc) is 2.39. The SMILES string of the molecule is COc1ccc(Nc2cc(N)cc(S(N)(=O)=O)c2)c(C)c1. The molecule has 0 aliphatic carbocycles. The number of hydrogen-bond acceptors (Lipinski definition) is 5. The number of nitrogens with two attached hydrogens (primary N) is 2. The molecule has 0 spiro atoms. The van der Waals surface area contributed by atoms with Crippen molar-refractivity contribution in [2.45, 2.75) is 11.8 Å². The van der Waals surface area contributed by atoms with Crippen LogP contribution in [0, 0.1) is 6.92 Å². The normalized spacial score (nSPS) is 11.2. The largest absolute Gasteiger partial charge is 0.497 e. The first-order chi connectivity index (χ1) is 9.79. The van der Waals surface area contributed by atoms with Crippen LogP contribution in [0.15, 0.2) is 41.3 Å². The van der Waals surface area contributed by atoms with Gasteiger partial charge in [-0.15, -0.1) is 0 Å². The van der Waals surface area contributed by atoms with E-state index in [1.807, 2.05) is 25.1 Å². The summed E-state index contributed by atoms with van der Waals surface area (Å²) in [6, 6.07) is 9.92. The van der Waals surface area contributed by atoms with Gasteiger partial charge in [0.25, 0.3) is 0 Å². The van der Waals surface area contributed by atoms with E-state index in [-0.39, 0.29) is 4.90 Å². The van der Waals surface area contributed by atoms with Gasteiger partial charge in [-0.1, -0.05) is 0 Å². The lowest BCUT2D eigenvalue weighted by Crippen LogP contribution is -2.12. The number of ether oxygens (including phenoxy) is 1. The molecule has 7 heteroatoms. The summed E-state index contributed by atoms with van der Waals surface area (Å²) >= 11 is 0. The van der Waals surface area contributed by atoms with Gasteiger partial charge in [-0.3, -0.25) is 0 Å². The molecule has 6 nitrogen and oxygen atoms in total. The minimum Gasteiger partial charge on any atom is -0.497 e. The van der Waals surface area contributed by atoms with Crippen molar-refractivity contribution in [1.29, 1.82) is 0 Å². The summed E-state index contributed by atoms with van der Waals surface area (Å²) in [6.45, 7) is 1.91. The summed E-state index contributed by atoms with van der Waals surface area (Å²) in [5, 5.41) is 8.25. The van der Waals surface area contributed by atoms with Crippen molar-refractivity contribution in [3.8, 4) is 5.75 Å². The molecule has 0 saturated heterocycles. The van der Waals surface area contributed by atoms with Gasteiger partial charge < -0.3 is 15.8 Å². The first-order valence-corrected chi connectivity index (χ1v) is 7.69. The van der Waals surface area contributed by atoms with E-state index < -0.39 is 10.0 Å². The Bertz CT molecular complexity index is 773. The van der Waals surface area contributed by atoms with Crippen LogP contribution in [0.1, 0.15) is 5.56 Å². The molecule has 21 heavy (non-hydrogen) atoms. The van der Waals surface area contributed by atoms with Crippen LogP contribution in [0.3, 0.4) is 0 Å². The second kappa shape index (κ2) is 5.63. The number of rotatable bonds is 4. The van der Waals surface area contributed by atoms with E-state index in [0.717, 1.165) is 17.0 Å². The number of anilines is 3. The molecule has 0 heterocycles. The van der Waals surface area contributed by atoms with Crippen LogP contribution in [-0.2, 0) is 10.0 Å². The Morgan fingerprint density at radius 1 is 1.14 bits per heavy atom. The van der Waals surface area contributed by atoms with Crippen molar-refractivity contribution in [3.63, 3.8) is 0 Å². The van der Waals surface area contributed by atoms with Crippen molar-refractivity contribution in [3.05, 3.63) is 42.0 Å². The summed E-state index contributed by atoms with van der Waals surface area (Å²) in [6.07, 6.45) is 0. The van der Waals surface area contributed by atoms with Crippen molar-refractivity contribution >= 4 is 27.1 Å². The fourth-order valence-electron chi connectivity index (χ4n) is 1.92. The van der Waals surface area contributed by atoms with Crippen LogP contribution in [0.2, 0.25) is 0 Å². The number of hydrogen-bond donors (Lipinski definition) is 3. The quantitative estimate of drug-likeness (QED) is 0.749. The number of benzene rings is 2. The zero-order valence-electron chi connectivity index (χ0n) is 11.8. The average molecular weight is 307 g/mol. The third kappa shape index (κ3) is 3.65. The monoisotopic (exact) mass is 307 g/mol. The van der Waals surface area contributed by atoms with E-state index in [1.165, 1.54) is 12.1 Å². The standard InChI is InChI=1S/C14H17N3O3S/c1-9-5-12(20-2)3-4-14(9)17-11-6-10(15)7-13(8-11)21(16,18)19/h3-8,17H,15H2,1-2H3,(H2,16,18,19). The van der Waals surface area contributed by atoms with Crippen molar-refractivity contribution < 1.29 is 13.2 Å². The molecule has 2 aromatic carbocycles. The Balaban J connectivity index is 2.38. The molecule has 5 N–H and O–H groups in total. The van der Waals surface area contributed by atoms with Gasteiger partial charge in [0.05, 0.1) is 12.0 Å². The molecule has 2 rings (SSSR count). The van der Waals surface area contributed by atoms with Gasteiger partial charge in [0.15, 0.2) is 0 Å². The lowest BCUT2D eigenvalue weighted by atomic mass is 10.1. The molecule has 0 aliphatic rings. The second-order valence-electron chi connectivity index (χ2n) is 4.64. The first kappa shape index (κ1) is 15.1. The van der Waals surface area contributed by atoms with E-state index in [9.17, 15) is 8.42 Å². The molecular formula is C14H17N3O3S.